The molecule has 2 aromatic heterocycles. The first-order chi connectivity index (χ1) is 10.1. The molecule has 110 valence electrons. The lowest BCUT2D eigenvalue weighted by atomic mass is 10.2. The zero-order valence-corrected chi connectivity index (χ0v) is 13.4. The number of benzene rings is 1. The van der Waals surface area contributed by atoms with E-state index in [9.17, 15) is 0 Å². The second kappa shape index (κ2) is 5.95. The third kappa shape index (κ3) is 3.14. The van der Waals surface area contributed by atoms with Gasteiger partial charge in [0.05, 0.1) is 12.1 Å². The molecule has 0 radical (unpaired) electrons. The van der Waals surface area contributed by atoms with E-state index in [-0.39, 0.29) is 0 Å². The number of hydrogen-bond donors (Lipinski definition) is 1. The molecule has 0 unspecified atom stereocenters. The average Bonchev–Trinajstić information content (AvgIpc) is 3.02. The molecule has 3 rings (SSSR count). The summed E-state index contributed by atoms with van der Waals surface area (Å²) in [6, 6.07) is 10.9. The minimum atomic E-state index is 0.509. The number of para-hydroxylation sites is 1. The van der Waals surface area contributed by atoms with Crippen LogP contribution in [-0.4, -0.2) is 21.0 Å². The SMILES string of the molecule is Cc1sc(CNC(C)C)cc1Cn1nnc2ccccc21. The van der Waals surface area contributed by atoms with Crippen molar-refractivity contribution in [2.45, 2.75) is 39.9 Å². The zero-order valence-electron chi connectivity index (χ0n) is 12.6. The Bertz CT molecular complexity index is 742. The van der Waals surface area contributed by atoms with E-state index in [0.717, 1.165) is 24.1 Å². The lowest BCUT2D eigenvalue weighted by Crippen LogP contribution is -2.21. The van der Waals surface area contributed by atoms with Gasteiger partial charge in [-0.3, -0.25) is 0 Å². The standard InChI is InChI=1S/C16H20N4S/c1-11(2)17-9-14-8-13(12(3)21-14)10-20-16-7-5-4-6-15(16)18-19-20/h4-8,11,17H,9-10H2,1-3H3. The molecule has 0 aliphatic heterocycles. The fourth-order valence-corrected chi connectivity index (χ4v) is 3.34. The van der Waals surface area contributed by atoms with Gasteiger partial charge in [0.1, 0.15) is 5.52 Å². The third-order valence-corrected chi connectivity index (χ3v) is 4.59. The molecule has 0 fully saturated rings. The van der Waals surface area contributed by atoms with E-state index < -0.39 is 0 Å². The molecular weight excluding hydrogens is 280 g/mol. The van der Waals surface area contributed by atoms with E-state index in [2.05, 4.69) is 48.5 Å². The van der Waals surface area contributed by atoms with Crippen LogP contribution in [0.15, 0.2) is 30.3 Å². The quantitative estimate of drug-likeness (QED) is 0.786. The van der Waals surface area contributed by atoms with Crippen LogP contribution in [0.5, 0.6) is 0 Å². The van der Waals surface area contributed by atoms with Crippen molar-refractivity contribution in [3.63, 3.8) is 0 Å². The van der Waals surface area contributed by atoms with Gasteiger partial charge in [0.25, 0.3) is 0 Å². The number of aryl methyl sites for hydroxylation is 1. The molecule has 0 atom stereocenters. The Morgan fingerprint density at radius 2 is 2.10 bits per heavy atom. The first-order valence-electron chi connectivity index (χ1n) is 7.23. The Labute approximate surface area is 128 Å². The molecule has 0 spiro atoms. The van der Waals surface area contributed by atoms with Gasteiger partial charge in [0.15, 0.2) is 0 Å². The molecule has 0 aliphatic rings. The summed E-state index contributed by atoms with van der Waals surface area (Å²) in [5.41, 5.74) is 3.37. The monoisotopic (exact) mass is 300 g/mol. The summed E-state index contributed by atoms with van der Waals surface area (Å²) in [7, 11) is 0. The highest BCUT2D eigenvalue weighted by Crippen LogP contribution is 2.23. The molecule has 0 amide bonds. The van der Waals surface area contributed by atoms with E-state index in [1.165, 1.54) is 15.3 Å². The second-order valence-electron chi connectivity index (χ2n) is 5.57. The second-order valence-corrected chi connectivity index (χ2v) is 6.91. The number of hydrogen-bond acceptors (Lipinski definition) is 4. The molecule has 0 saturated heterocycles. The topological polar surface area (TPSA) is 42.7 Å². The summed E-state index contributed by atoms with van der Waals surface area (Å²) < 4.78 is 1.98. The van der Waals surface area contributed by atoms with Crippen molar-refractivity contribution < 1.29 is 0 Å². The summed E-state index contributed by atoms with van der Waals surface area (Å²) in [6.07, 6.45) is 0. The van der Waals surface area contributed by atoms with Crippen molar-refractivity contribution in [2.24, 2.45) is 0 Å². The Kier molecular flexibility index (Phi) is 4.03. The van der Waals surface area contributed by atoms with Crippen LogP contribution >= 0.6 is 11.3 Å². The summed E-state index contributed by atoms with van der Waals surface area (Å²) in [6.45, 7) is 8.23. The minimum absolute atomic E-state index is 0.509. The van der Waals surface area contributed by atoms with Crippen LogP contribution in [0, 0.1) is 6.92 Å². The molecule has 5 heteroatoms. The van der Waals surface area contributed by atoms with E-state index in [4.69, 9.17) is 0 Å². The van der Waals surface area contributed by atoms with E-state index >= 15 is 0 Å². The van der Waals surface area contributed by atoms with Gasteiger partial charge in [-0.15, -0.1) is 16.4 Å². The number of fused-ring (bicyclic) bond motifs is 1. The van der Waals surface area contributed by atoms with Gasteiger partial charge in [-0.2, -0.15) is 0 Å². The fraction of sp³-hybridized carbons (Fsp3) is 0.375. The summed E-state index contributed by atoms with van der Waals surface area (Å²) in [4.78, 5) is 2.73. The van der Waals surface area contributed by atoms with Gasteiger partial charge in [-0.1, -0.05) is 31.2 Å². The lowest BCUT2D eigenvalue weighted by Gasteiger charge is -2.05. The molecule has 1 aromatic carbocycles. The normalized spacial score (nSPS) is 11.6. The summed E-state index contributed by atoms with van der Waals surface area (Å²) >= 11 is 1.86. The average molecular weight is 300 g/mol. The van der Waals surface area contributed by atoms with Crippen molar-refractivity contribution in [1.29, 1.82) is 0 Å². The predicted molar refractivity (Wildman–Crippen MR) is 87.7 cm³/mol. The van der Waals surface area contributed by atoms with Crippen molar-refractivity contribution in [3.05, 3.63) is 45.6 Å². The van der Waals surface area contributed by atoms with Crippen LogP contribution in [0.3, 0.4) is 0 Å². The largest absolute Gasteiger partial charge is 0.310 e. The molecule has 3 aromatic rings. The molecule has 2 heterocycles. The van der Waals surface area contributed by atoms with Gasteiger partial charge >= 0.3 is 0 Å². The number of thiophene rings is 1. The lowest BCUT2D eigenvalue weighted by molar-refractivity contribution is 0.592. The van der Waals surface area contributed by atoms with Crippen LogP contribution in [0.1, 0.15) is 29.2 Å². The summed E-state index contributed by atoms with van der Waals surface area (Å²) in [5, 5.41) is 12.0. The van der Waals surface area contributed by atoms with Gasteiger partial charge in [0.2, 0.25) is 0 Å². The number of nitrogens with one attached hydrogen (secondary N) is 1. The van der Waals surface area contributed by atoms with Crippen LogP contribution in [0.25, 0.3) is 11.0 Å². The van der Waals surface area contributed by atoms with E-state index in [1.54, 1.807) is 0 Å². The van der Waals surface area contributed by atoms with Gasteiger partial charge < -0.3 is 5.32 Å². The van der Waals surface area contributed by atoms with Crippen molar-refractivity contribution in [1.82, 2.24) is 20.3 Å². The van der Waals surface area contributed by atoms with Crippen molar-refractivity contribution in [3.8, 4) is 0 Å². The van der Waals surface area contributed by atoms with Crippen LogP contribution in [-0.2, 0) is 13.1 Å². The van der Waals surface area contributed by atoms with Crippen LogP contribution in [0.4, 0.5) is 0 Å². The molecule has 4 nitrogen and oxygen atoms in total. The number of aromatic nitrogens is 3. The Balaban J connectivity index is 1.81. The summed E-state index contributed by atoms with van der Waals surface area (Å²) in [5.74, 6) is 0. The Morgan fingerprint density at radius 3 is 2.90 bits per heavy atom. The first kappa shape index (κ1) is 14.2. The maximum absolute atomic E-state index is 4.27. The Hall–Kier alpha value is -1.72. The highest BCUT2D eigenvalue weighted by atomic mass is 32.1. The van der Waals surface area contributed by atoms with E-state index in [1.807, 2.05) is 34.2 Å². The maximum Gasteiger partial charge on any atom is 0.113 e. The first-order valence-corrected chi connectivity index (χ1v) is 8.05. The molecule has 21 heavy (non-hydrogen) atoms. The van der Waals surface area contributed by atoms with Crippen molar-refractivity contribution in [2.75, 3.05) is 0 Å². The van der Waals surface area contributed by atoms with Gasteiger partial charge in [-0.05, 0) is 30.7 Å². The molecule has 0 bridgehead atoms. The Morgan fingerprint density at radius 1 is 1.29 bits per heavy atom. The molecule has 0 aliphatic carbocycles. The highest BCUT2D eigenvalue weighted by Gasteiger charge is 2.09. The predicted octanol–water partition coefficient (Wildman–Crippen LogP) is 3.35. The molecule has 1 N–H and O–H groups in total. The third-order valence-electron chi connectivity index (χ3n) is 3.50. The van der Waals surface area contributed by atoms with Crippen LogP contribution < -0.4 is 5.32 Å². The minimum Gasteiger partial charge on any atom is -0.310 e. The zero-order chi connectivity index (χ0) is 14.8. The smallest absolute Gasteiger partial charge is 0.113 e. The van der Waals surface area contributed by atoms with Crippen molar-refractivity contribution >= 4 is 22.4 Å². The number of rotatable bonds is 5. The van der Waals surface area contributed by atoms with Crippen LogP contribution in [0.2, 0.25) is 0 Å². The van der Waals surface area contributed by atoms with Gasteiger partial charge in [-0.25, -0.2) is 4.68 Å². The fourth-order valence-electron chi connectivity index (χ4n) is 2.33. The van der Waals surface area contributed by atoms with E-state index in [0.29, 0.717) is 6.04 Å². The number of nitrogens with zero attached hydrogens (tertiary/aromatic N) is 3. The molecular formula is C16H20N4S. The van der Waals surface area contributed by atoms with Gasteiger partial charge in [0, 0.05) is 22.3 Å². The maximum atomic E-state index is 4.27. The highest BCUT2D eigenvalue weighted by molar-refractivity contribution is 7.12. The molecule has 0 saturated carbocycles.